The quantitative estimate of drug-likeness (QED) is 0.491. The number of anilines is 1. The van der Waals surface area contributed by atoms with Gasteiger partial charge in [-0.15, -0.1) is 11.3 Å². The standard InChI is InChI=1S/C19H13N3S2/c1-2-7-13-12(6-1)21-19(22-13)18-17(16-10-5-11-23-16)20-14-8-3-4-9-15(14)24-18/h1-11,20H,(H,21,22). The van der Waals surface area contributed by atoms with Crippen LogP contribution in [-0.4, -0.2) is 9.97 Å². The molecule has 3 heterocycles. The number of hydrogen-bond donors (Lipinski definition) is 2. The average Bonchev–Trinajstić information content (AvgIpc) is 3.30. The molecule has 0 aliphatic carbocycles. The molecule has 1 aliphatic rings. The van der Waals surface area contributed by atoms with Crippen molar-refractivity contribution in [3.8, 4) is 0 Å². The number of hydrogen-bond acceptors (Lipinski definition) is 4. The number of para-hydroxylation sites is 3. The van der Waals surface area contributed by atoms with E-state index >= 15 is 0 Å². The van der Waals surface area contributed by atoms with Crippen LogP contribution in [0.3, 0.4) is 0 Å². The highest BCUT2D eigenvalue weighted by Crippen LogP contribution is 2.47. The molecule has 116 valence electrons. The lowest BCUT2D eigenvalue weighted by Gasteiger charge is -2.22. The van der Waals surface area contributed by atoms with Gasteiger partial charge in [-0.3, -0.25) is 0 Å². The van der Waals surface area contributed by atoms with Crippen LogP contribution in [0.5, 0.6) is 0 Å². The van der Waals surface area contributed by atoms with Crippen molar-refractivity contribution in [2.45, 2.75) is 4.90 Å². The fraction of sp³-hybridized carbons (Fsp3) is 0. The molecule has 0 spiro atoms. The van der Waals surface area contributed by atoms with E-state index in [0.717, 1.165) is 33.1 Å². The van der Waals surface area contributed by atoms with Gasteiger partial charge in [-0.1, -0.05) is 42.1 Å². The molecule has 5 heteroatoms. The minimum Gasteiger partial charge on any atom is -0.352 e. The summed E-state index contributed by atoms with van der Waals surface area (Å²) < 4.78 is 0. The Bertz CT molecular complexity index is 1030. The van der Waals surface area contributed by atoms with Gasteiger partial charge in [-0.25, -0.2) is 4.98 Å². The molecule has 0 saturated heterocycles. The molecule has 0 saturated carbocycles. The Hall–Kier alpha value is -2.50. The summed E-state index contributed by atoms with van der Waals surface area (Å²) in [7, 11) is 0. The molecule has 24 heavy (non-hydrogen) atoms. The smallest absolute Gasteiger partial charge is 0.147 e. The molecule has 2 aromatic carbocycles. The maximum atomic E-state index is 4.80. The van der Waals surface area contributed by atoms with Crippen molar-refractivity contribution in [3.05, 3.63) is 76.7 Å². The summed E-state index contributed by atoms with van der Waals surface area (Å²) in [5.41, 5.74) is 4.31. The Balaban J connectivity index is 1.72. The number of fused-ring (bicyclic) bond motifs is 2. The van der Waals surface area contributed by atoms with Crippen LogP contribution in [0.2, 0.25) is 0 Å². The second-order valence-corrected chi connectivity index (χ2v) is 7.51. The van der Waals surface area contributed by atoms with Crippen LogP contribution in [0.4, 0.5) is 5.69 Å². The van der Waals surface area contributed by atoms with Gasteiger partial charge >= 0.3 is 0 Å². The summed E-state index contributed by atoms with van der Waals surface area (Å²) in [5, 5.41) is 5.70. The lowest BCUT2D eigenvalue weighted by Crippen LogP contribution is -2.06. The summed E-state index contributed by atoms with van der Waals surface area (Å²) in [6.45, 7) is 0. The van der Waals surface area contributed by atoms with E-state index in [-0.39, 0.29) is 0 Å². The van der Waals surface area contributed by atoms with Crippen LogP contribution in [0.1, 0.15) is 10.7 Å². The molecule has 0 fully saturated rings. The lowest BCUT2D eigenvalue weighted by molar-refractivity contribution is 1.28. The Morgan fingerprint density at radius 2 is 1.75 bits per heavy atom. The van der Waals surface area contributed by atoms with Crippen molar-refractivity contribution >= 4 is 50.4 Å². The first-order valence-corrected chi connectivity index (χ1v) is 9.35. The predicted molar refractivity (Wildman–Crippen MR) is 103 cm³/mol. The first kappa shape index (κ1) is 13.9. The Kier molecular flexibility index (Phi) is 3.21. The number of aromatic amines is 1. The summed E-state index contributed by atoms with van der Waals surface area (Å²) >= 11 is 3.50. The third-order valence-corrected chi connectivity index (χ3v) is 6.02. The first-order chi connectivity index (χ1) is 11.9. The van der Waals surface area contributed by atoms with Crippen LogP contribution in [-0.2, 0) is 0 Å². The van der Waals surface area contributed by atoms with Gasteiger partial charge in [0.2, 0.25) is 0 Å². The van der Waals surface area contributed by atoms with Gasteiger partial charge in [0.05, 0.1) is 32.2 Å². The number of thioether (sulfide) groups is 1. The molecule has 0 radical (unpaired) electrons. The topological polar surface area (TPSA) is 40.7 Å². The molecule has 1 aliphatic heterocycles. The molecule has 2 N–H and O–H groups in total. The summed E-state index contributed by atoms with van der Waals surface area (Å²) in [6.07, 6.45) is 0. The van der Waals surface area contributed by atoms with Crippen LogP contribution in [0.15, 0.2) is 70.9 Å². The van der Waals surface area contributed by atoms with E-state index < -0.39 is 0 Å². The van der Waals surface area contributed by atoms with Crippen LogP contribution in [0.25, 0.3) is 21.6 Å². The van der Waals surface area contributed by atoms with Crippen LogP contribution in [0, 0.1) is 0 Å². The predicted octanol–water partition coefficient (Wildman–Crippen LogP) is 5.67. The van der Waals surface area contributed by atoms with E-state index in [1.165, 1.54) is 9.77 Å². The number of nitrogens with one attached hydrogen (secondary N) is 2. The van der Waals surface area contributed by atoms with Gasteiger partial charge in [0.15, 0.2) is 0 Å². The SMILES string of the molecule is c1csc(C2=C(c3nc4ccccc4[nH]3)Sc3ccccc3N2)c1. The van der Waals surface area contributed by atoms with Crippen molar-refractivity contribution in [2.75, 3.05) is 5.32 Å². The third kappa shape index (κ3) is 2.25. The van der Waals surface area contributed by atoms with Crippen molar-refractivity contribution in [3.63, 3.8) is 0 Å². The molecule has 0 bridgehead atoms. The molecule has 4 aromatic rings. The largest absolute Gasteiger partial charge is 0.352 e. The normalized spacial score (nSPS) is 13.8. The number of benzene rings is 2. The average molecular weight is 347 g/mol. The number of imidazole rings is 1. The maximum Gasteiger partial charge on any atom is 0.147 e. The second-order valence-electron chi connectivity index (χ2n) is 5.51. The van der Waals surface area contributed by atoms with E-state index in [4.69, 9.17) is 4.98 Å². The zero-order valence-electron chi connectivity index (χ0n) is 12.6. The Labute approximate surface area is 147 Å². The zero-order chi connectivity index (χ0) is 15.9. The molecule has 0 unspecified atom stereocenters. The minimum absolute atomic E-state index is 0.909. The highest BCUT2D eigenvalue weighted by atomic mass is 32.2. The van der Waals surface area contributed by atoms with Gasteiger partial charge in [0, 0.05) is 4.90 Å². The van der Waals surface area contributed by atoms with Crippen LogP contribution >= 0.6 is 23.1 Å². The van der Waals surface area contributed by atoms with Crippen molar-refractivity contribution in [2.24, 2.45) is 0 Å². The van der Waals surface area contributed by atoms with Crippen molar-refractivity contribution in [1.29, 1.82) is 0 Å². The monoisotopic (exact) mass is 347 g/mol. The number of nitrogens with zero attached hydrogens (tertiary/aromatic N) is 1. The van der Waals surface area contributed by atoms with Crippen molar-refractivity contribution < 1.29 is 0 Å². The fourth-order valence-electron chi connectivity index (χ4n) is 2.83. The van der Waals surface area contributed by atoms with Gasteiger partial charge in [0.25, 0.3) is 0 Å². The van der Waals surface area contributed by atoms with Crippen molar-refractivity contribution in [1.82, 2.24) is 9.97 Å². The first-order valence-electron chi connectivity index (χ1n) is 7.66. The molecule has 5 rings (SSSR count). The van der Waals surface area contributed by atoms with E-state index in [1.54, 1.807) is 23.1 Å². The van der Waals surface area contributed by atoms with Gasteiger partial charge in [-0.05, 0) is 35.7 Å². The van der Waals surface area contributed by atoms with E-state index in [1.807, 2.05) is 18.2 Å². The molecule has 0 amide bonds. The summed E-state index contributed by atoms with van der Waals surface area (Å²) in [4.78, 5) is 11.8. The summed E-state index contributed by atoms with van der Waals surface area (Å²) in [5.74, 6) is 0.909. The van der Waals surface area contributed by atoms with Gasteiger partial charge in [-0.2, -0.15) is 0 Å². The highest BCUT2D eigenvalue weighted by molar-refractivity contribution is 8.08. The van der Waals surface area contributed by atoms with E-state index in [0.29, 0.717) is 0 Å². The fourth-order valence-corrected chi connectivity index (χ4v) is 4.68. The van der Waals surface area contributed by atoms with Gasteiger partial charge < -0.3 is 10.3 Å². The summed E-state index contributed by atoms with van der Waals surface area (Å²) in [6, 6.07) is 20.8. The molecular weight excluding hydrogens is 334 g/mol. The Morgan fingerprint density at radius 1 is 0.875 bits per heavy atom. The number of aromatic nitrogens is 2. The lowest BCUT2D eigenvalue weighted by atomic mass is 10.2. The molecule has 0 atom stereocenters. The number of thiophene rings is 1. The molecule has 2 aromatic heterocycles. The molecule has 3 nitrogen and oxygen atoms in total. The number of H-pyrrole nitrogens is 1. The highest BCUT2D eigenvalue weighted by Gasteiger charge is 2.23. The number of rotatable bonds is 2. The van der Waals surface area contributed by atoms with E-state index in [9.17, 15) is 0 Å². The van der Waals surface area contributed by atoms with E-state index in [2.05, 4.69) is 58.1 Å². The molecular formula is C19H13N3S2. The maximum absolute atomic E-state index is 4.80. The third-order valence-electron chi connectivity index (χ3n) is 3.96. The van der Waals surface area contributed by atoms with Crippen LogP contribution < -0.4 is 5.32 Å². The Morgan fingerprint density at radius 3 is 2.62 bits per heavy atom. The van der Waals surface area contributed by atoms with Gasteiger partial charge in [0.1, 0.15) is 5.82 Å². The minimum atomic E-state index is 0.909. The zero-order valence-corrected chi connectivity index (χ0v) is 14.2. The second kappa shape index (κ2) is 5.54.